The Morgan fingerprint density at radius 1 is 1.17 bits per heavy atom. The van der Waals surface area contributed by atoms with E-state index in [-0.39, 0.29) is 30.3 Å². The van der Waals surface area contributed by atoms with Gasteiger partial charge in [-0.2, -0.15) is 0 Å². The summed E-state index contributed by atoms with van der Waals surface area (Å²) in [6.07, 6.45) is 0. The first kappa shape index (κ1) is 15.2. The molecule has 2 amide bonds. The Hall–Kier alpha value is -0.850. The maximum atomic E-state index is 12.1. The molecule has 0 bridgehead atoms. The Morgan fingerprint density at radius 3 is 2.28 bits per heavy atom. The zero-order valence-electron chi connectivity index (χ0n) is 10.6. The zero-order chi connectivity index (χ0) is 12.3. The van der Waals surface area contributed by atoms with Gasteiger partial charge in [0.15, 0.2) is 0 Å². The van der Waals surface area contributed by atoms with E-state index in [4.69, 9.17) is 4.74 Å². The number of halogens is 1. The molecule has 1 atom stereocenters. The fourth-order valence-corrected chi connectivity index (χ4v) is 2.19. The molecule has 0 saturated carbocycles. The first-order valence-electron chi connectivity index (χ1n) is 6.04. The number of rotatable bonds is 1. The molecule has 0 aromatic carbocycles. The number of carbonyl (C=O) groups excluding carboxylic acids is 2. The summed E-state index contributed by atoms with van der Waals surface area (Å²) in [6, 6.07) is -0.215. The minimum absolute atomic E-state index is 0. The second-order valence-corrected chi connectivity index (χ2v) is 4.41. The summed E-state index contributed by atoms with van der Waals surface area (Å²) in [6.45, 7) is 5.92. The Bertz CT molecular complexity index is 300. The van der Waals surface area contributed by atoms with Crippen LogP contribution in [0.25, 0.3) is 0 Å². The second kappa shape index (κ2) is 6.92. The van der Waals surface area contributed by atoms with Gasteiger partial charge in [0.1, 0.15) is 6.04 Å². The molecule has 2 fully saturated rings. The van der Waals surface area contributed by atoms with Gasteiger partial charge in [-0.1, -0.05) is 0 Å². The van der Waals surface area contributed by atoms with Gasteiger partial charge in [0, 0.05) is 39.6 Å². The molecule has 0 aromatic rings. The molecule has 0 spiro atoms. The van der Waals surface area contributed by atoms with E-state index in [1.165, 1.54) is 0 Å². The van der Waals surface area contributed by atoms with Gasteiger partial charge in [-0.15, -0.1) is 12.4 Å². The molecule has 104 valence electrons. The maximum absolute atomic E-state index is 12.1. The van der Waals surface area contributed by atoms with E-state index in [9.17, 15) is 9.59 Å². The Labute approximate surface area is 113 Å². The van der Waals surface area contributed by atoms with Crippen LogP contribution >= 0.6 is 12.4 Å². The van der Waals surface area contributed by atoms with Crippen LogP contribution in [0.1, 0.15) is 6.92 Å². The van der Waals surface area contributed by atoms with Crippen molar-refractivity contribution in [3.63, 3.8) is 0 Å². The van der Waals surface area contributed by atoms with E-state index >= 15 is 0 Å². The van der Waals surface area contributed by atoms with Gasteiger partial charge in [0.2, 0.25) is 11.8 Å². The summed E-state index contributed by atoms with van der Waals surface area (Å²) in [7, 11) is 0. The molecule has 2 rings (SSSR count). The van der Waals surface area contributed by atoms with Crippen LogP contribution in [-0.4, -0.2) is 73.6 Å². The summed E-state index contributed by atoms with van der Waals surface area (Å²) in [5.41, 5.74) is 0. The third kappa shape index (κ3) is 3.57. The standard InChI is InChI=1S/C11H19N3O3.ClH/c1-9(15)13-3-5-14(6-4-13)11(16)10-8-17-7-2-12-10;/h10,12H,2-8H2,1H3;1H. The highest BCUT2D eigenvalue weighted by Crippen LogP contribution is 2.06. The first-order valence-corrected chi connectivity index (χ1v) is 6.04. The lowest BCUT2D eigenvalue weighted by Gasteiger charge is -2.36. The van der Waals surface area contributed by atoms with Crippen molar-refractivity contribution in [2.45, 2.75) is 13.0 Å². The number of nitrogens with one attached hydrogen (secondary N) is 1. The molecule has 2 aliphatic heterocycles. The lowest BCUT2D eigenvalue weighted by Crippen LogP contribution is -2.57. The van der Waals surface area contributed by atoms with Crippen LogP contribution in [0.5, 0.6) is 0 Å². The number of amides is 2. The summed E-state index contributed by atoms with van der Waals surface area (Å²) in [5, 5.41) is 3.15. The highest BCUT2D eigenvalue weighted by atomic mass is 35.5. The predicted octanol–water partition coefficient (Wildman–Crippen LogP) is -0.913. The van der Waals surface area contributed by atoms with E-state index in [1.807, 2.05) is 4.90 Å². The largest absolute Gasteiger partial charge is 0.378 e. The molecule has 2 aliphatic rings. The fourth-order valence-electron chi connectivity index (χ4n) is 2.19. The lowest BCUT2D eigenvalue weighted by molar-refractivity contribution is -0.141. The SMILES string of the molecule is CC(=O)N1CCN(C(=O)C2COCCN2)CC1.Cl. The number of hydrogen-bond donors (Lipinski definition) is 1. The first-order chi connectivity index (χ1) is 8.18. The van der Waals surface area contributed by atoms with Crippen LogP contribution in [0.2, 0.25) is 0 Å². The van der Waals surface area contributed by atoms with Gasteiger partial charge in [-0.05, 0) is 0 Å². The number of ether oxygens (including phenoxy) is 1. The Balaban J connectivity index is 0.00000162. The third-order valence-electron chi connectivity index (χ3n) is 3.26. The fraction of sp³-hybridized carbons (Fsp3) is 0.818. The summed E-state index contributed by atoms with van der Waals surface area (Å²) >= 11 is 0. The lowest BCUT2D eigenvalue weighted by atomic mass is 10.2. The molecular formula is C11H20ClN3O3. The van der Waals surface area contributed by atoms with Gasteiger partial charge >= 0.3 is 0 Å². The molecule has 2 saturated heterocycles. The molecule has 0 aromatic heterocycles. The topological polar surface area (TPSA) is 61.9 Å². The zero-order valence-corrected chi connectivity index (χ0v) is 11.4. The average Bonchev–Trinajstić information content (AvgIpc) is 2.39. The van der Waals surface area contributed by atoms with Crippen LogP contribution in [-0.2, 0) is 14.3 Å². The number of piperazine rings is 1. The normalized spacial score (nSPS) is 24.4. The minimum atomic E-state index is -0.215. The van der Waals surface area contributed by atoms with E-state index in [2.05, 4.69) is 5.32 Å². The van der Waals surface area contributed by atoms with Crippen molar-refractivity contribution in [2.75, 3.05) is 45.9 Å². The number of nitrogens with zero attached hydrogens (tertiary/aromatic N) is 2. The molecule has 1 unspecified atom stereocenters. The van der Waals surface area contributed by atoms with Crippen LogP contribution in [0.15, 0.2) is 0 Å². The van der Waals surface area contributed by atoms with Crippen molar-refractivity contribution in [3.05, 3.63) is 0 Å². The molecule has 6 nitrogen and oxygen atoms in total. The van der Waals surface area contributed by atoms with Gasteiger partial charge in [-0.25, -0.2) is 0 Å². The van der Waals surface area contributed by atoms with Crippen LogP contribution in [0.4, 0.5) is 0 Å². The molecular weight excluding hydrogens is 258 g/mol. The van der Waals surface area contributed by atoms with Crippen molar-refractivity contribution in [1.29, 1.82) is 0 Å². The van der Waals surface area contributed by atoms with Crippen LogP contribution < -0.4 is 5.32 Å². The third-order valence-corrected chi connectivity index (χ3v) is 3.26. The van der Waals surface area contributed by atoms with E-state index < -0.39 is 0 Å². The second-order valence-electron chi connectivity index (χ2n) is 4.41. The van der Waals surface area contributed by atoms with Crippen molar-refractivity contribution >= 4 is 24.2 Å². The maximum Gasteiger partial charge on any atom is 0.242 e. The van der Waals surface area contributed by atoms with Gasteiger partial charge in [0.25, 0.3) is 0 Å². The Morgan fingerprint density at radius 2 is 1.78 bits per heavy atom. The molecule has 18 heavy (non-hydrogen) atoms. The van der Waals surface area contributed by atoms with Crippen molar-refractivity contribution < 1.29 is 14.3 Å². The molecule has 0 radical (unpaired) electrons. The average molecular weight is 278 g/mol. The van der Waals surface area contributed by atoms with Crippen molar-refractivity contribution in [2.24, 2.45) is 0 Å². The molecule has 7 heteroatoms. The predicted molar refractivity (Wildman–Crippen MR) is 68.7 cm³/mol. The van der Waals surface area contributed by atoms with Crippen LogP contribution in [0.3, 0.4) is 0 Å². The number of morpholine rings is 1. The van der Waals surface area contributed by atoms with E-state index in [0.717, 1.165) is 6.54 Å². The molecule has 1 N–H and O–H groups in total. The summed E-state index contributed by atoms with van der Waals surface area (Å²) in [5.74, 6) is 0.170. The number of hydrogen-bond acceptors (Lipinski definition) is 4. The monoisotopic (exact) mass is 277 g/mol. The minimum Gasteiger partial charge on any atom is -0.378 e. The molecule has 2 heterocycles. The highest BCUT2D eigenvalue weighted by molar-refractivity contribution is 5.85. The number of carbonyl (C=O) groups is 2. The smallest absolute Gasteiger partial charge is 0.242 e. The summed E-state index contributed by atoms with van der Waals surface area (Å²) < 4.78 is 5.28. The quantitative estimate of drug-likeness (QED) is 0.674. The van der Waals surface area contributed by atoms with Gasteiger partial charge < -0.3 is 19.9 Å². The molecule has 0 aliphatic carbocycles. The van der Waals surface area contributed by atoms with Crippen LogP contribution in [0, 0.1) is 0 Å². The highest BCUT2D eigenvalue weighted by Gasteiger charge is 2.29. The van der Waals surface area contributed by atoms with Gasteiger partial charge in [-0.3, -0.25) is 9.59 Å². The van der Waals surface area contributed by atoms with Gasteiger partial charge in [0.05, 0.1) is 13.2 Å². The van der Waals surface area contributed by atoms with E-state index in [0.29, 0.717) is 39.4 Å². The van der Waals surface area contributed by atoms with Crippen molar-refractivity contribution in [1.82, 2.24) is 15.1 Å². The van der Waals surface area contributed by atoms with E-state index in [1.54, 1.807) is 11.8 Å². The summed E-state index contributed by atoms with van der Waals surface area (Å²) in [4.78, 5) is 26.9. The Kier molecular flexibility index (Phi) is 5.84. The van der Waals surface area contributed by atoms with Crippen molar-refractivity contribution in [3.8, 4) is 0 Å².